The summed E-state index contributed by atoms with van der Waals surface area (Å²) in [4.78, 5) is 0. The van der Waals surface area contributed by atoms with Gasteiger partial charge in [0.2, 0.25) is 0 Å². The monoisotopic (exact) mass is 353 g/mol. The van der Waals surface area contributed by atoms with Crippen LogP contribution in [0.5, 0.6) is 0 Å². The van der Waals surface area contributed by atoms with Crippen LogP contribution in [0.15, 0.2) is 47.0 Å². The number of rotatable bonds is 3. The minimum absolute atomic E-state index is 0.231. The van der Waals surface area contributed by atoms with Gasteiger partial charge in [-0.05, 0) is 30.3 Å². The standard InChI is InChI=1S/C16H10Cl3NO2/c17-11-3-1-2-9(4-11)15-14(8-21)16(22-20-15)10-5-12(18)7-13(19)6-10/h1-7,21H,8H2. The van der Waals surface area contributed by atoms with E-state index < -0.39 is 0 Å². The van der Waals surface area contributed by atoms with Crippen LogP contribution in [-0.2, 0) is 6.61 Å². The molecule has 0 amide bonds. The molecular weight excluding hydrogens is 345 g/mol. The Morgan fingerprint density at radius 3 is 2.23 bits per heavy atom. The Morgan fingerprint density at radius 2 is 1.59 bits per heavy atom. The lowest BCUT2D eigenvalue weighted by Gasteiger charge is -2.03. The minimum Gasteiger partial charge on any atom is -0.391 e. The second kappa shape index (κ2) is 6.31. The van der Waals surface area contributed by atoms with Gasteiger partial charge in [-0.25, -0.2) is 0 Å². The Hall–Kier alpha value is -1.52. The second-order valence-corrected chi connectivity index (χ2v) is 5.97. The highest BCUT2D eigenvalue weighted by Crippen LogP contribution is 2.35. The molecule has 112 valence electrons. The predicted octanol–water partition coefficient (Wildman–Crippen LogP) is 5.46. The molecule has 1 aromatic heterocycles. The Balaban J connectivity index is 2.15. The first-order valence-corrected chi connectivity index (χ1v) is 7.53. The van der Waals surface area contributed by atoms with Gasteiger partial charge in [0.25, 0.3) is 0 Å². The number of halogens is 3. The maximum atomic E-state index is 9.72. The molecule has 0 radical (unpaired) electrons. The van der Waals surface area contributed by atoms with Gasteiger partial charge in [0, 0.05) is 26.2 Å². The summed E-state index contributed by atoms with van der Waals surface area (Å²) in [5.74, 6) is 0.432. The van der Waals surface area contributed by atoms with Gasteiger partial charge in [0.1, 0.15) is 5.69 Å². The molecule has 3 nitrogen and oxygen atoms in total. The van der Waals surface area contributed by atoms with Crippen LogP contribution in [0, 0.1) is 0 Å². The number of nitrogens with zero attached hydrogens (tertiary/aromatic N) is 1. The molecule has 0 fully saturated rings. The Kier molecular flexibility index (Phi) is 4.41. The summed E-state index contributed by atoms with van der Waals surface area (Å²) in [6.07, 6.45) is 0. The third-order valence-electron chi connectivity index (χ3n) is 3.17. The van der Waals surface area contributed by atoms with E-state index in [-0.39, 0.29) is 6.61 Å². The van der Waals surface area contributed by atoms with E-state index in [1.165, 1.54) is 0 Å². The molecule has 0 aliphatic carbocycles. The Morgan fingerprint density at radius 1 is 0.909 bits per heavy atom. The molecule has 1 N–H and O–H groups in total. The molecule has 0 unspecified atom stereocenters. The number of aliphatic hydroxyl groups is 1. The predicted molar refractivity (Wildman–Crippen MR) is 88.3 cm³/mol. The van der Waals surface area contributed by atoms with Crippen molar-refractivity contribution in [3.8, 4) is 22.6 Å². The topological polar surface area (TPSA) is 46.3 Å². The van der Waals surface area contributed by atoms with Crippen LogP contribution in [0.4, 0.5) is 0 Å². The highest BCUT2D eigenvalue weighted by atomic mass is 35.5. The Labute approximate surface area is 142 Å². The maximum absolute atomic E-state index is 9.72. The molecule has 0 saturated heterocycles. The molecule has 22 heavy (non-hydrogen) atoms. The molecular formula is C16H10Cl3NO2. The quantitative estimate of drug-likeness (QED) is 0.679. The number of hydrogen-bond acceptors (Lipinski definition) is 3. The van der Waals surface area contributed by atoms with Gasteiger partial charge in [-0.3, -0.25) is 0 Å². The third kappa shape index (κ3) is 2.99. The van der Waals surface area contributed by atoms with Crippen molar-refractivity contribution >= 4 is 34.8 Å². The van der Waals surface area contributed by atoms with E-state index in [4.69, 9.17) is 39.3 Å². The Bertz CT molecular complexity index is 810. The van der Waals surface area contributed by atoms with Crippen molar-refractivity contribution in [1.82, 2.24) is 5.16 Å². The van der Waals surface area contributed by atoms with E-state index in [1.807, 2.05) is 12.1 Å². The molecule has 6 heteroatoms. The van der Waals surface area contributed by atoms with Crippen molar-refractivity contribution < 1.29 is 9.63 Å². The highest BCUT2D eigenvalue weighted by Gasteiger charge is 2.19. The third-order valence-corrected chi connectivity index (χ3v) is 3.84. The maximum Gasteiger partial charge on any atom is 0.173 e. The fraction of sp³-hybridized carbons (Fsp3) is 0.0625. The van der Waals surface area contributed by atoms with Crippen LogP contribution >= 0.6 is 34.8 Å². The zero-order valence-corrected chi connectivity index (χ0v) is 13.5. The first-order chi connectivity index (χ1) is 10.6. The van der Waals surface area contributed by atoms with Crippen LogP contribution < -0.4 is 0 Å². The summed E-state index contributed by atoms with van der Waals surface area (Å²) in [6, 6.07) is 12.2. The summed E-state index contributed by atoms with van der Waals surface area (Å²) >= 11 is 18.0. The summed E-state index contributed by atoms with van der Waals surface area (Å²) in [7, 11) is 0. The van der Waals surface area contributed by atoms with Crippen molar-refractivity contribution in [3.05, 3.63) is 63.1 Å². The van der Waals surface area contributed by atoms with Gasteiger partial charge >= 0.3 is 0 Å². The molecule has 0 atom stereocenters. The van der Waals surface area contributed by atoms with E-state index in [1.54, 1.807) is 30.3 Å². The van der Waals surface area contributed by atoms with Crippen molar-refractivity contribution in [3.63, 3.8) is 0 Å². The first kappa shape index (κ1) is 15.4. The van der Waals surface area contributed by atoms with Crippen molar-refractivity contribution in [1.29, 1.82) is 0 Å². The van der Waals surface area contributed by atoms with Crippen LogP contribution in [0.25, 0.3) is 22.6 Å². The van der Waals surface area contributed by atoms with Gasteiger partial charge in [0.05, 0.1) is 12.2 Å². The average Bonchev–Trinajstić information content (AvgIpc) is 2.90. The SMILES string of the molecule is OCc1c(-c2cccc(Cl)c2)noc1-c1cc(Cl)cc(Cl)c1. The molecule has 0 spiro atoms. The van der Waals surface area contributed by atoms with Crippen LogP contribution in [0.3, 0.4) is 0 Å². The largest absolute Gasteiger partial charge is 0.391 e. The number of benzene rings is 2. The van der Waals surface area contributed by atoms with Crippen molar-refractivity contribution in [2.24, 2.45) is 0 Å². The minimum atomic E-state index is -0.231. The fourth-order valence-corrected chi connectivity index (χ4v) is 2.95. The van der Waals surface area contributed by atoms with Gasteiger partial charge in [-0.15, -0.1) is 0 Å². The number of aromatic nitrogens is 1. The second-order valence-electron chi connectivity index (χ2n) is 4.67. The molecule has 0 aliphatic rings. The highest BCUT2D eigenvalue weighted by molar-refractivity contribution is 6.35. The average molecular weight is 355 g/mol. The zero-order valence-electron chi connectivity index (χ0n) is 11.2. The zero-order chi connectivity index (χ0) is 15.7. The normalized spacial score (nSPS) is 10.9. The molecule has 0 aliphatic heterocycles. The van der Waals surface area contributed by atoms with Crippen molar-refractivity contribution in [2.75, 3.05) is 0 Å². The summed E-state index contributed by atoms with van der Waals surface area (Å²) in [5.41, 5.74) is 2.51. The van der Waals surface area contributed by atoms with Crippen LogP contribution in [0.1, 0.15) is 5.56 Å². The van der Waals surface area contributed by atoms with E-state index in [0.29, 0.717) is 37.6 Å². The van der Waals surface area contributed by atoms with Crippen molar-refractivity contribution in [2.45, 2.75) is 6.61 Å². The van der Waals surface area contributed by atoms with E-state index in [9.17, 15) is 5.11 Å². The summed E-state index contributed by atoms with van der Waals surface area (Å²) in [6.45, 7) is -0.231. The molecule has 0 bridgehead atoms. The van der Waals surface area contributed by atoms with Crippen LogP contribution in [0.2, 0.25) is 15.1 Å². The smallest absolute Gasteiger partial charge is 0.173 e. The number of aliphatic hydroxyl groups excluding tert-OH is 1. The van der Waals surface area contributed by atoms with Gasteiger partial charge in [-0.2, -0.15) is 0 Å². The molecule has 3 rings (SSSR count). The lowest BCUT2D eigenvalue weighted by Crippen LogP contribution is -1.89. The van der Waals surface area contributed by atoms with Gasteiger partial charge < -0.3 is 9.63 Å². The van der Waals surface area contributed by atoms with Gasteiger partial charge in [0.15, 0.2) is 5.76 Å². The van der Waals surface area contributed by atoms with Gasteiger partial charge in [-0.1, -0.05) is 52.1 Å². The summed E-state index contributed by atoms with van der Waals surface area (Å²) in [5, 5.41) is 15.3. The molecule has 0 saturated carbocycles. The van der Waals surface area contributed by atoms with Crippen LogP contribution in [-0.4, -0.2) is 10.3 Å². The molecule has 2 aromatic carbocycles. The molecule has 3 aromatic rings. The first-order valence-electron chi connectivity index (χ1n) is 6.40. The van der Waals surface area contributed by atoms with E-state index in [0.717, 1.165) is 5.56 Å². The lowest BCUT2D eigenvalue weighted by atomic mass is 10.0. The fourth-order valence-electron chi connectivity index (χ4n) is 2.23. The van der Waals surface area contributed by atoms with E-state index in [2.05, 4.69) is 5.16 Å². The summed E-state index contributed by atoms with van der Waals surface area (Å²) < 4.78 is 5.41. The number of hydrogen-bond donors (Lipinski definition) is 1. The van der Waals surface area contributed by atoms with E-state index >= 15 is 0 Å². The lowest BCUT2D eigenvalue weighted by molar-refractivity contribution is 0.281. The molecule has 1 heterocycles.